The van der Waals surface area contributed by atoms with Gasteiger partial charge in [0.05, 0.1) is 12.4 Å². The summed E-state index contributed by atoms with van der Waals surface area (Å²) in [6.07, 6.45) is -0.877. The molecule has 2 N–H and O–H groups in total. The first-order valence-corrected chi connectivity index (χ1v) is 5.25. The normalized spacial score (nSPS) is 22.9. The third-order valence-electron chi connectivity index (χ3n) is 2.99. The van der Waals surface area contributed by atoms with Crippen molar-refractivity contribution in [1.82, 2.24) is 9.97 Å². The molecule has 1 aliphatic rings. The van der Waals surface area contributed by atoms with Gasteiger partial charge in [0, 0.05) is 19.1 Å². The van der Waals surface area contributed by atoms with E-state index in [2.05, 4.69) is 9.97 Å². The lowest BCUT2D eigenvalue weighted by atomic mass is 9.86. The fourth-order valence-corrected chi connectivity index (χ4v) is 1.78. The Kier molecular flexibility index (Phi) is 4.39. The quantitative estimate of drug-likeness (QED) is 0.899. The number of hydrogen-bond acceptors (Lipinski definition) is 4. The highest BCUT2D eigenvalue weighted by Crippen LogP contribution is 2.29. The van der Waals surface area contributed by atoms with Gasteiger partial charge in [-0.1, -0.05) is 0 Å². The lowest BCUT2D eigenvalue weighted by molar-refractivity contribution is -0.141. The van der Waals surface area contributed by atoms with Crippen LogP contribution in [0.25, 0.3) is 0 Å². The highest BCUT2D eigenvalue weighted by Gasteiger charge is 2.34. The highest BCUT2D eigenvalue weighted by atomic mass is 35.5. The van der Waals surface area contributed by atoms with Gasteiger partial charge in [0.25, 0.3) is 0 Å². The maximum Gasteiger partial charge on any atom is 0.434 e. The van der Waals surface area contributed by atoms with Crippen LogP contribution in [-0.2, 0) is 6.18 Å². The molecule has 2 rings (SSSR count). The molecule has 1 aromatic rings. The van der Waals surface area contributed by atoms with Gasteiger partial charge in [0.2, 0.25) is 0 Å². The Bertz CT molecular complexity index is 389. The molecule has 4 nitrogen and oxygen atoms in total. The monoisotopic (exact) mass is 282 g/mol. The number of rotatable bonds is 2. The molecule has 0 aromatic carbocycles. The van der Waals surface area contributed by atoms with Crippen LogP contribution < -0.4 is 10.6 Å². The molecule has 1 fully saturated rings. The molecule has 1 saturated carbocycles. The minimum atomic E-state index is -4.44. The lowest BCUT2D eigenvalue weighted by Gasteiger charge is -2.39. The van der Waals surface area contributed by atoms with Gasteiger partial charge in [-0.3, -0.25) is 0 Å². The minimum Gasteiger partial charge on any atom is -0.355 e. The number of aromatic nitrogens is 2. The molecule has 0 radical (unpaired) electrons. The van der Waals surface area contributed by atoms with Gasteiger partial charge in [-0.25, -0.2) is 9.97 Å². The van der Waals surface area contributed by atoms with Gasteiger partial charge in [0.15, 0.2) is 5.69 Å². The Morgan fingerprint density at radius 3 is 2.28 bits per heavy atom. The van der Waals surface area contributed by atoms with E-state index in [1.54, 1.807) is 7.05 Å². The first kappa shape index (κ1) is 15.0. The van der Waals surface area contributed by atoms with Gasteiger partial charge in [-0.15, -0.1) is 12.4 Å². The highest BCUT2D eigenvalue weighted by molar-refractivity contribution is 5.85. The van der Waals surface area contributed by atoms with Crippen molar-refractivity contribution in [2.24, 2.45) is 5.73 Å². The molecule has 1 aromatic heterocycles. The van der Waals surface area contributed by atoms with Crippen molar-refractivity contribution in [1.29, 1.82) is 0 Å². The molecule has 0 unspecified atom stereocenters. The fourth-order valence-electron chi connectivity index (χ4n) is 1.78. The molecule has 0 bridgehead atoms. The summed E-state index contributed by atoms with van der Waals surface area (Å²) < 4.78 is 36.8. The van der Waals surface area contributed by atoms with E-state index in [1.807, 2.05) is 4.90 Å². The van der Waals surface area contributed by atoms with Crippen LogP contribution >= 0.6 is 12.4 Å². The number of hydrogen-bond donors (Lipinski definition) is 1. The van der Waals surface area contributed by atoms with Crippen molar-refractivity contribution in [3.8, 4) is 0 Å². The average molecular weight is 283 g/mol. The fraction of sp³-hybridized carbons (Fsp3) is 0.600. The summed E-state index contributed by atoms with van der Waals surface area (Å²) in [6, 6.07) is 0.431. The van der Waals surface area contributed by atoms with E-state index in [4.69, 9.17) is 5.73 Å². The Morgan fingerprint density at radius 1 is 1.28 bits per heavy atom. The molecule has 0 aliphatic heterocycles. The SMILES string of the molecule is CN(c1cnc(C(F)(F)F)cn1)[C@H]1C[C@H](N)C1.Cl. The number of alkyl halides is 3. The van der Waals surface area contributed by atoms with Crippen molar-refractivity contribution in [3.63, 3.8) is 0 Å². The Balaban J connectivity index is 0.00000162. The molecule has 1 heterocycles. The second-order valence-electron chi connectivity index (χ2n) is 4.25. The van der Waals surface area contributed by atoms with E-state index in [0.717, 1.165) is 25.2 Å². The number of anilines is 1. The summed E-state index contributed by atoms with van der Waals surface area (Å²) in [7, 11) is 1.79. The van der Waals surface area contributed by atoms with E-state index in [1.165, 1.54) is 0 Å². The molecule has 0 amide bonds. The molecule has 8 heteroatoms. The van der Waals surface area contributed by atoms with Crippen LogP contribution in [0.3, 0.4) is 0 Å². The standard InChI is InChI=1S/C10H13F3N4.ClH/c1-17(7-2-6(14)3-7)9-5-15-8(4-16-9)10(11,12)13;/h4-7H,2-3,14H2,1H3;1H/t6-,7-;. The first-order valence-electron chi connectivity index (χ1n) is 5.25. The molecule has 1 aliphatic carbocycles. The Morgan fingerprint density at radius 2 is 1.89 bits per heavy atom. The smallest absolute Gasteiger partial charge is 0.355 e. The predicted molar refractivity (Wildman–Crippen MR) is 63.7 cm³/mol. The molecular formula is C10H14ClF3N4. The summed E-state index contributed by atoms with van der Waals surface area (Å²) in [5.41, 5.74) is 4.68. The molecular weight excluding hydrogens is 269 g/mol. The third-order valence-corrected chi connectivity index (χ3v) is 2.99. The summed E-state index contributed by atoms with van der Waals surface area (Å²) >= 11 is 0. The number of halogens is 4. The Labute approximate surface area is 109 Å². The van der Waals surface area contributed by atoms with Crippen LogP contribution in [-0.4, -0.2) is 29.1 Å². The van der Waals surface area contributed by atoms with Gasteiger partial charge >= 0.3 is 6.18 Å². The lowest BCUT2D eigenvalue weighted by Crippen LogP contribution is -2.49. The molecule has 102 valence electrons. The summed E-state index contributed by atoms with van der Waals surface area (Å²) in [4.78, 5) is 8.96. The number of nitrogens with two attached hydrogens (primary N) is 1. The predicted octanol–water partition coefficient (Wildman–Crippen LogP) is 1.84. The molecule has 0 saturated heterocycles. The number of nitrogens with zero attached hydrogens (tertiary/aromatic N) is 3. The topological polar surface area (TPSA) is 55.0 Å². The van der Waals surface area contributed by atoms with Gasteiger partial charge in [-0.2, -0.15) is 13.2 Å². The van der Waals surface area contributed by atoms with E-state index >= 15 is 0 Å². The largest absolute Gasteiger partial charge is 0.434 e. The zero-order valence-electron chi connectivity index (χ0n) is 9.68. The maximum atomic E-state index is 12.3. The van der Waals surface area contributed by atoms with E-state index in [-0.39, 0.29) is 24.5 Å². The van der Waals surface area contributed by atoms with Crippen molar-refractivity contribution >= 4 is 18.2 Å². The molecule has 0 spiro atoms. The first-order chi connectivity index (χ1) is 7.88. The summed E-state index contributed by atoms with van der Waals surface area (Å²) in [6.45, 7) is 0. The van der Waals surface area contributed by atoms with E-state index < -0.39 is 11.9 Å². The Hall–Kier alpha value is -1.08. The van der Waals surface area contributed by atoms with Crippen molar-refractivity contribution in [3.05, 3.63) is 18.1 Å². The van der Waals surface area contributed by atoms with Crippen molar-refractivity contribution in [2.75, 3.05) is 11.9 Å². The van der Waals surface area contributed by atoms with Crippen molar-refractivity contribution < 1.29 is 13.2 Å². The van der Waals surface area contributed by atoms with Crippen molar-refractivity contribution in [2.45, 2.75) is 31.1 Å². The van der Waals surface area contributed by atoms with Crippen LogP contribution in [0, 0.1) is 0 Å². The van der Waals surface area contributed by atoms with Gasteiger partial charge in [0.1, 0.15) is 5.82 Å². The second-order valence-corrected chi connectivity index (χ2v) is 4.25. The van der Waals surface area contributed by atoms with Crippen LogP contribution in [0.15, 0.2) is 12.4 Å². The minimum absolute atomic E-state index is 0. The third kappa shape index (κ3) is 3.02. The zero-order chi connectivity index (χ0) is 12.6. The molecule has 0 atom stereocenters. The maximum absolute atomic E-state index is 12.3. The van der Waals surface area contributed by atoms with Crippen LogP contribution in [0.1, 0.15) is 18.5 Å². The van der Waals surface area contributed by atoms with E-state index in [9.17, 15) is 13.2 Å². The van der Waals surface area contributed by atoms with Crippen LogP contribution in [0.5, 0.6) is 0 Å². The summed E-state index contributed by atoms with van der Waals surface area (Å²) in [5, 5.41) is 0. The average Bonchev–Trinajstić information content (AvgIpc) is 2.23. The van der Waals surface area contributed by atoms with Crippen LogP contribution in [0.2, 0.25) is 0 Å². The van der Waals surface area contributed by atoms with Gasteiger partial charge < -0.3 is 10.6 Å². The molecule has 18 heavy (non-hydrogen) atoms. The van der Waals surface area contributed by atoms with Gasteiger partial charge in [-0.05, 0) is 12.8 Å². The van der Waals surface area contributed by atoms with E-state index in [0.29, 0.717) is 5.82 Å². The second kappa shape index (κ2) is 5.27. The van der Waals surface area contributed by atoms with Crippen LogP contribution in [0.4, 0.5) is 19.0 Å². The zero-order valence-corrected chi connectivity index (χ0v) is 10.5. The summed E-state index contributed by atoms with van der Waals surface area (Å²) in [5.74, 6) is 0.440.